The van der Waals surface area contributed by atoms with Gasteiger partial charge in [0.2, 0.25) is 0 Å². The Morgan fingerprint density at radius 2 is 1.64 bits per heavy atom. The van der Waals surface area contributed by atoms with Gasteiger partial charge in [-0.25, -0.2) is 0 Å². The van der Waals surface area contributed by atoms with E-state index in [0.717, 1.165) is 5.92 Å². The van der Waals surface area contributed by atoms with Crippen molar-refractivity contribution in [2.75, 3.05) is 0 Å². The fraction of sp³-hybridized carbons (Fsp3) is 1.00. The molecule has 4 aliphatic rings. The molecule has 4 saturated carbocycles. The fourth-order valence-electron chi connectivity index (χ4n) is 4.70. The Labute approximate surface area is 68.4 Å². The van der Waals surface area contributed by atoms with Crippen LogP contribution >= 0.6 is 0 Å². The quantitative estimate of drug-likeness (QED) is 0.495. The van der Waals surface area contributed by atoms with Crippen molar-refractivity contribution in [3.05, 3.63) is 0 Å². The third-order valence-electron chi connectivity index (χ3n) is 5.26. The van der Waals surface area contributed by atoms with Gasteiger partial charge in [-0.2, -0.15) is 0 Å². The summed E-state index contributed by atoms with van der Waals surface area (Å²) in [5.41, 5.74) is 0. The summed E-state index contributed by atoms with van der Waals surface area (Å²) < 4.78 is 0. The van der Waals surface area contributed by atoms with Gasteiger partial charge in [-0.1, -0.05) is 6.92 Å². The third kappa shape index (κ3) is 0.494. The summed E-state index contributed by atoms with van der Waals surface area (Å²) in [6.45, 7) is 2.54. The van der Waals surface area contributed by atoms with E-state index in [1.165, 1.54) is 35.5 Å². The maximum absolute atomic E-state index is 2.54. The van der Waals surface area contributed by atoms with Crippen molar-refractivity contribution < 1.29 is 0 Å². The second-order valence-corrected chi connectivity index (χ2v) is 5.56. The first-order chi connectivity index (χ1) is 5.36. The number of hydrogen-bond donors (Lipinski definition) is 0. The molecule has 0 radical (unpaired) electrons. The molecule has 0 aliphatic heterocycles. The second-order valence-electron chi connectivity index (χ2n) is 5.56. The van der Waals surface area contributed by atoms with Gasteiger partial charge in [-0.15, -0.1) is 0 Å². The predicted molar refractivity (Wildman–Crippen MR) is 44.0 cm³/mol. The SMILES string of the molecule is CC1C2CC2C2CC3CC3C12. The molecule has 0 spiro atoms. The standard InChI is InChI=1S/C11H16/c1-5-7-4-9(7)10-3-6-2-8(6)11(5)10/h5-11H,2-4H2,1H3. The van der Waals surface area contributed by atoms with Gasteiger partial charge in [0, 0.05) is 0 Å². The smallest absolute Gasteiger partial charge is 0.0323 e. The zero-order valence-electron chi connectivity index (χ0n) is 7.16. The van der Waals surface area contributed by atoms with Gasteiger partial charge in [0.15, 0.2) is 0 Å². The molecule has 0 aromatic rings. The lowest BCUT2D eigenvalue weighted by Gasteiger charge is -2.21. The Balaban J connectivity index is 1.76. The van der Waals surface area contributed by atoms with Crippen LogP contribution in [0.5, 0.6) is 0 Å². The molecule has 4 rings (SSSR count). The summed E-state index contributed by atoms with van der Waals surface area (Å²) in [5, 5.41) is 0. The minimum atomic E-state index is 1.13. The van der Waals surface area contributed by atoms with Crippen LogP contribution in [0.4, 0.5) is 0 Å². The van der Waals surface area contributed by atoms with E-state index in [2.05, 4.69) is 6.92 Å². The van der Waals surface area contributed by atoms with Crippen molar-refractivity contribution in [3.63, 3.8) is 0 Å². The Bertz CT molecular complexity index is 220. The van der Waals surface area contributed by atoms with Crippen LogP contribution in [0.2, 0.25) is 0 Å². The molecule has 0 bridgehead atoms. The molecule has 0 heterocycles. The van der Waals surface area contributed by atoms with Crippen molar-refractivity contribution in [3.8, 4) is 0 Å². The zero-order chi connectivity index (χ0) is 7.16. The lowest BCUT2D eigenvalue weighted by atomic mass is 9.84. The molecule has 0 N–H and O–H groups in total. The van der Waals surface area contributed by atoms with Crippen LogP contribution < -0.4 is 0 Å². The highest BCUT2D eigenvalue weighted by atomic mass is 14.7. The largest absolute Gasteiger partial charge is 0.0619 e. The molecule has 0 aromatic carbocycles. The molecular weight excluding hydrogens is 132 g/mol. The molecule has 11 heavy (non-hydrogen) atoms. The summed E-state index contributed by atoms with van der Waals surface area (Å²) in [6, 6.07) is 0. The van der Waals surface area contributed by atoms with Gasteiger partial charge < -0.3 is 0 Å². The van der Waals surface area contributed by atoms with E-state index in [4.69, 9.17) is 0 Å². The van der Waals surface area contributed by atoms with Crippen LogP contribution in [0.1, 0.15) is 26.2 Å². The van der Waals surface area contributed by atoms with Crippen molar-refractivity contribution in [1.82, 2.24) is 0 Å². The number of hydrogen-bond acceptors (Lipinski definition) is 0. The molecule has 0 amide bonds. The molecule has 0 heteroatoms. The highest BCUT2D eigenvalue weighted by Gasteiger charge is 2.67. The fourth-order valence-corrected chi connectivity index (χ4v) is 4.70. The van der Waals surface area contributed by atoms with E-state index in [1.807, 2.05) is 0 Å². The Hall–Kier alpha value is 0. The third-order valence-corrected chi connectivity index (χ3v) is 5.26. The molecular formula is C11H16. The molecule has 0 saturated heterocycles. The maximum Gasteiger partial charge on any atom is -0.0323 e. The maximum atomic E-state index is 2.54. The average molecular weight is 148 g/mol. The second kappa shape index (κ2) is 1.41. The number of rotatable bonds is 0. The van der Waals surface area contributed by atoms with Crippen molar-refractivity contribution >= 4 is 0 Å². The highest BCUT2D eigenvalue weighted by molar-refractivity contribution is 5.15. The lowest BCUT2D eigenvalue weighted by molar-refractivity contribution is 0.274. The molecule has 7 atom stereocenters. The summed E-state index contributed by atoms with van der Waals surface area (Å²) in [7, 11) is 0. The predicted octanol–water partition coefficient (Wildman–Crippen LogP) is 2.54. The molecule has 4 aliphatic carbocycles. The van der Waals surface area contributed by atoms with Crippen LogP contribution in [0, 0.1) is 41.4 Å². The zero-order valence-corrected chi connectivity index (χ0v) is 7.16. The van der Waals surface area contributed by atoms with Crippen molar-refractivity contribution in [1.29, 1.82) is 0 Å². The molecule has 0 aromatic heterocycles. The summed E-state index contributed by atoms with van der Waals surface area (Å²) in [5.74, 6) is 8.43. The normalized spacial score (nSPS) is 75.5. The first-order valence-corrected chi connectivity index (χ1v) is 5.36. The Morgan fingerprint density at radius 1 is 0.818 bits per heavy atom. The molecule has 4 fully saturated rings. The van der Waals surface area contributed by atoms with Crippen molar-refractivity contribution in [2.24, 2.45) is 41.4 Å². The van der Waals surface area contributed by atoms with Crippen molar-refractivity contribution in [2.45, 2.75) is 26.2 Å². The summed E-state index contributed by atoms with van der Waals surface area (Å²) in [6.07, 6.45) is 4.87. The first kappa shape index (κ1) is 5.61. The monoisotopic (exact) mass is 148 g/mol. The first-order valence-electron chi connectivity index (χ1n) is 5.36. The molecule has 60 valence electrons. The van der Waals surface area contributed by atoms with E-state index < -0.39 is 0 Å². The Kier molecular flexibility index (Phi) is 0.717. The van der Waals surface area contributed by atoms with E-state index in [9.17, 15) is 0 Å². The van der Waals surface area contributed by atoms with E-state index in [1.54, 1.807) is 19.3 Å². The van der Waals surface area contributed by atoms with Gasteiger partial charge in [-0.05, 0) is 60.7 Å². The van der Waals surface area contributed by atoms with Crippen LogP contribution in [-0.2, 0) is 0 Å². The summed E-state index contributed by atoms with van der Waals surface area (Å²) in [4.78, 5) is 0. The summed E-state index contributed by atoms with van der Waals surface area (Å²) >= 11 is 0. The van der Waals surface area contributed by atoms with Gasteiger partial charge in [0.25, 0.3) is 0 Å². The van der Waals surface area contributed by atoms with E-state index in [-0.39, 0.29) is 0 Å². The minimum absolute atomic E-state index is 1.13. The van der Waals surface area contributed by atoms with Crippen LogP contribution in [0.3, 0.4) is 0 Å². The van der Waals surface area contributed by atoms with Crippen LogP contribution in [-0.4, -0.2) is 0 Å². The average Bonchev–Trinajstić information content (AvgIpc) is 2.85. The highest BCUT2D eigenvalue weighted by Crippen LogP contribution is 2.74. The van der Waals surface area contributed by atoms with Crippen LogP contribution in [0.15, 0.2) is 0 Å². The van der Waals surface area contributed by atoms with E-state index in [0.29, 0.717) is 0 Å². The van der Waals surface area contributed by atoms with Gasteiger partial charge >= 0.3 is 0 Å². The lowest BCUT2D eigenvalue weighted by Crippen LogP contribution is -2.15. The van der Waals surface area contributed by atoms with Crippen LogP contribution in [0.25, 0.3) is 0 Å². The minimum Gasteiger partial charge on any atom is -0.0619 e. The Morgan fingerprint density at radius 3 is 2.45 bits per heavy atom. The van der Waals surface area contributed by atoms with Gasteiger partial charge in [0.05, 0.1) is 0 Å². The number of fused-ring (bicyclic) bond motifs is 5. The van der Waals surface area contributed by atoms with E-state index >= 15 is 0 Å². The van der Waals surface area contributed by atoms with Gasteiger partial charge in [0.1, 0.15) is 0 Å². The molecule has 0 nitrogen and oxygen atoms in total. The van der Waals surface area contributed by atoms with Gasteiger partial charge in [-0.3, -0.25) is 0 Å². The topological polar surface area (TPSA) is 0 Å². The molecule has 7 unspecified atom stereocenters.